The van der Waals surface area contributed by atoms with E-state index in [1.165, 1.54) is 13.8 Å². The molecule has 10 heteroatoms. The summed E-state index contributed by atoms with van der Waals surface area (Å²) in [6.45, 7) is 2.73. The normalized spacial score (nSPS) is 9.58. The fraction of sp³-hybridized carbons (Fsp3) is 0.143. The van der Waals surface area contributed by atoms with E-state index in [1.807, 2.05) is 6.07 Å². The number of aromatic hydroxyl groups is 1. The molecule has 126 valence electrons. The fourth-order valence-electron chi connectivity index (χ4n) is 1.84. The lowest BCUT2D eigenvalue weighted by atomic mass is 10.1. The Kier molecular flexibility index (Phi) is 5.88. The van der Waals surface area contributed by atoms with Crippen LogP contribution in [0.5, 0.6) is 5.75 Å². The van der Waals surface area contributed by atoms with Crippen LogP contribution in [-0.4, -0.2) is 19.9 Å². The minimum atomic E-state index is -1.11. The number of hydrogen-bond donors (Lipinski definition) is 1. The highest BCUT2D eigenvalue weighted by molar-refractivity contribution is 5.70. The number of aryl methyl sites for hydroxylation is 1. The molecule has 0 aliphatic rings. The lowest BCUT2D eigenvalue weighted by Crippen LogP contribution is -2.04. The molecule has 0 heterocycles. The average Bonchev–Trinajstić information content (AvgIpc) is 2.49. The largest absolute Gasteiger partial charge is 0.508 e. The van der Waals surface area contributed by atoms with Crippen molar-refractivity contribution in [3.8, 4) is 5.75 Å². The van der Waals surface area contributed by atoms with Gasteiger partial charge in [0.25, 0.3) is 0 Å². The van der Waals surface area contributed by atoms with Crippen LogP contribution in [0.4, 0.5) is 17.1 Å². The Morgan fingerprint density at radius 3 is 1.67 bits per heavy atom. The molecule has 0 unspecified atom stereocenters. The lowest BCUT2D eigenvalue weighted by molar-refractivity contribution is -0.441. The molecule has 24 heavy (non-hydrogen) atoms. The van der Waals surface area contributed by atoms with Crippen LogP contribution < -0.4 is 0 Å². The highest BCUT2D eigenvalue weighted by Crippen LogP contribution is 2.40. The molecule has 0 aliphatic carbocycles. The molecule has 0 radical (unpaired) electrons. The van der Waals surface area contributed by atoms with Gasteiger partial charge in [0.05, 0.1) is 14.8 Å². The number of nitro groups is 3. The maximum absolute atomic E-state index is 10.8. The van der Waals surface area contributed by atoms with Gasteiger partial charge in [-0.1, -0.05) is 18.2 Å². The van der Waals surface area contributed by atoms with E-state index in [0.29, 0.717) is 5.75 Å². The van der Waals surface area contributed by atoms with Gasteiger partial charge in [-0.3, -0.25) is 30.3 Å². The summed E-state index contributed by atoms with van der Waals surface area (Å²) in [7, 11) is 0. The molecular weight excluding hydrogens is 322 g/mol. The molecule has 0 saturated heterocycles. The molecule has 0 spiro atoms. The monoisotopic (exact) mass is 335 g/mol. The van der Waals surface area contributed by atoms with E-state index in [-0.39, 0.29) is 11.1 Å². The summed E-state index contributed by atoms with van der Waals surface area (Å²) in [5.41, 5.74) is -2.48. The second kappa shape index (κ2) is 7.63. The highest BCUT2D eigenvalue weighted by atomic mass is 16.6. The van der Waals surface area contributed by atoms with Gasteiger partial charge in [-0.05, 0) is 31.5 Å². The standard InChI is InChI=1S/C8H7N3O6.C6H6O/c1-4-3-6(9(12)13)8(11(16)17)7(5(4)2)10(14)15;7-6-4-2-1-3-5-6/h3H,1-2H3;1-5,7H. The zero-order chi connectivity index (χ0) is 18.4. The number of nitrogens with zero attached hydrogens (tertiary/aromatic N) is 3. The first-order valence-corrected chi connectivity index (χ1v) is 6.48. The summed E-state index contributed by atoms with van der Waals surface area (Å²) in [5.74, 6) is 0.322. The molecule has 1 N–H and O–H groups in total. The third-order valence-corrected chi connectivity index (χ3v) is 3.08. The van der Waals surface area contributed by atoms with E-state index < -0.39 is 31.8 Å². The minimum absolute atomic E-state index is 0.0484. The molecular formula is C14H13N3O7. The van der Waals surface area contributed by atoms with Gasteiger partial charge >= 0.3 is 17.1 Å². The zero-order valence-electron chi connectivity index (χ0n) is 12.7. The third kappa shape index (κ3) is 4.22. The van der Waals surface area contributed by atoms with Crippen LogP contribution in [0.25, 0.3) is 0 Å². The lowest BCUT2D eigenvalue weighted by Gasteiger charge is -2.02. The predicted octanol–water partition coefficient (Wildman–Crippen LogP) is 3.42. The summed E-state index contributed by atoms with van der Waals surface area (Å²) >= 11 is 0. The van der Waals surface area contributed by atoms with Crippen LogP contribution >= 0.6 is 0 Å². The molecule has 0 atom stereocenters. The quantitative estimate of drug-likeness (QED) is 0.666. The molecule has 0 fully saturated rings. The van der Waals surface area contributed by atoms with Crippen molar-refractivity contribution in [2.24, 2.45) is 0 Å². The minimum Gasteiger partial charge on any atom is -0.508 e. The Balaban J connectivity index is 0.000000341. The van der Waals surface area contributed by atoms with Gasteiger partial charge in [0.1, 0.15) is 5.75 Å². The number of hydrogen-bond acceptors (Lipinski definition) is 7. The molecule has 0 bridgehead atoms. The molecule has 0 saturated carbocycles. The van der Waals surface area contributed by atoms with Crippen molar-refractivity contribution in [3.63, 3.8) is 0 Å². The van der Waals surface area contributed by atoms with E-state index in [9.17, 15) is 30.3 Å². The Labute approximate surface area is 135 Å². The van der Waals surface area contributed by atoms with Gasteiger partial charge in [0.2, 0.25) is 0 Å². The SMILES string of the molecule is Cc1cc([N+](=O)[O-])c([N+](=O)[O-])c([N+](=O)[O-])c1C.Oc1ccccc1. The molecule has 2 rings (SSSR count). The van der Waals surface area contributed by atoms with Crippen molar-refractivity contribution in [3.05, 3.63) is 77.9 Å². The Hall–Kier alpha value is -3.56. The molecule has 2 aromatic rings. The van der Waals surface area contributed by atoms with E-state index in [0.717, 1.165) is 6.07 Å². The first kappa shape index (κ1) is 18.5. The predicted molar refractivity (Wildman–Crippen MR) is 84.0 cm³/mol. The van der Waals surface area contributed by atoms with Crippen molar-refractivity contribution in [2.75, 3.05) is 0 Å². The number of phenolic OH excluding ortho intramolecular Hbond substituents is 1. The van der Waals surface area contributed by atoms with Crippen LogP contribution in [0.15, 0.2) is 36.4 Å². The Morgan fingerprint density at radius 1 is 0.833 bits per heavy atom. The number of phenols is 1. The van der Waals surface area contributed by atoms with Gasteiger partial charge in [-0.15, -0.1) is 0 Å². The smallest absolute Gasteiger partial charge is 0.422 e. The van der Waals surface area contributed by atoms with E-state index >= 15 is 0 Å². The van der Waals surface area contributed by atoms with Gasteiger partial charge in [0, 0.05) is 11.6 Å². The van der Waals surface area contributed by atoms with Crippen LogP contribution in [0.1, 0.15) is 11.1 Å². The summed E-state index contributed by atoms with van der Waals surface area (Å²) in [5, 5.41) is 40.7. The summed E-state index contributed by atoms with van der Waals surface area (Å²) in [6, 6.07) is 9.67. The first-order valence-electron chi connectivity index (χ1n) is 6.48. The van der Waals surface area contributed by atoms with Crippen molar-refractivity contribution in [2.45, 2.75) is 13.8 Å². The summed E-state index contributed by atoms with van der Waals surface area (Å²) < 4.78 is 0. The molecule has 0 aliphatic heterocycles. The van der Waals surface area contributed by atoms with Crippen molar-refractivity contribution in [1.29, 1.82) is 0 Å². The zero-order valence-corrected chi connectivity index (χ0v) is 12.7. The number of benzene rings is 2. The molecule has 0 amide bonds. The van der Waals surface area contributed by atoms with Crippen molar-refractivity contribution >= 4 is 17.1 Å². The Morgan fingerprint density at radius 2 is 1.33 bits per heavy atom. The van der Waals surface area contributed by atoms with Crippen LogP contribution in [0.2, 0.25) is 0 Å². The fourth-order valence-corrected chi connectivity index (χ4v) is 1.84. The van der Waals surface area contributed by atoms with Crippen LogP contribution in [-0.2, 0) is 0 Å². The number of nitro benzene ring substituents is 3. The topological polar surface area (TPSA) is 150 Å². The van der Waals surface area contributed by atoms with Crippen LogP contribution in [0.3, 0.4) is 0 Å². The second-order valence-electron chi connectivity index (χ2n) is 4.64. The van der Waals surface area contributed by atoms with E-state index in [1.54, 1.807) is 24.3 Å². The maximum Gasteiger partial charge on any atom is 0.422 e. The van der Waals surface area contributed by atoms with E-state index in [2.05, 4.69) is 0 Å². The van der Waals surface area contributed by atoms with Crippen molar-refractivity contribution < 1.29 is 19.9 Å². The molecule has 10 nitrogen and oxygen atoms in total. The molecule has 0 aromatic heterocycles. The second-order valence-corrected chi connectivity index (χ2v) is 4.64. The molecule has 2 aromatic carbocycles. The number of para-hydroxylation sites is 1. The van der Waals surface area contributed by atoms with Gasteiger partial charge in [0.15, 0.2) is 0 Å². The Bertz CT molecular complexity index is 791. The van der Waals surface area contributed by atoms with Crippen molar-refractivity contribution in [1.82, 2.24) is 0 Å². The summed E-state index contributed by atoms with van der Waals surface area (Å²) in [6.07, 6.45) is 0. The van der Waals surface area contributed by atoms with Crippen LogP contribution in [0, 0.1) is 44.2 Å². The highest BCUT2D eigenvalue weighted by Gasteiger charge is 2.38. The van der Waals surface area contributed by atoms with Gasteiger partial charge in [-0.2, -0.15) is 0 Å². The first-order chi connectivity index (χ1) is 11.2. The maximum atomic E-state index is 10.8. The number of rotatable bonds is 3. The van der Waals surface area contributed by atoms with Gasteiger partial charge in [-0.25, -0.2) is 0 Å². The van der Waals surface area contributed by atoms with E-state index in [4.69, 9.17) is 5.11 Å². The average molecular weight is 335 g/mol. The third-order valence-electron chi connectivity index (χ3n) is 3.08. The van der Waals surface area contributed by atoms with Gasteiger partial charge < -0.3 is 5.11 Å². The summed E-state index contributed by atoms with van der Waals surface area (Å²) in [4.78, 5) is 29.0.